The van der Waals surface area contributed by atoms with Gasteiger partial charge in [-0.2, -0.15) is 0 Å². The van der Waals surface area contributed by atoms with Crippen molar-refractivity contribution in [2.75, 3.05) is 11.9 Å². The van der Waals surface area contributed by atoms with Gasteiger partial charge in [0.1, 0.15) is 12.4 Å². The lowest BCUT2D eigenvalue weighted by atomic mass is 10.0. The van der Waals surface area contributed by atoms with Crippen molar-refractivity contribution in [1.82, 2.24) is 10.2 Å². The number of carboxylic acids is 1. The zero-order valence-corrected chi connectivity index (χ0v) is 10.8. The van der Waals surface area contributed by atoms with Gasteiger partial charge in [0.2, 0.25) is 0 Å². The minimum atomic E-state index is -0.930. The molecule has 0 bridgehead atoms. The van der Waals surface area contributed by atoms with Crippen LogP contribution in [0.5, 0.6) is 0 Å². The quantitative estimate of drug-likeness (QED) is 0.878. The van der Waals surface area contributed by atoms with Gasteiger partial charge in [0.05, 0.1) is 5.69 Å². The van der Waals surface area contributed by atoms with E-state index < -0.39 is 5.97 Å². The smallest absolute Gasteiger partial charge is 0.322 e. The van der Waals surface area contributed by atoms with Crippen molar-refractivity contribution in [2.45, 2.75) is 13.8 Å². The predicted molar refractivity (Wildman–Crippen MR) is 73.1 cm³/mol. The second-order valence-corrected chi connectivity index (χ2v) is 4.37. The Morgan fingerprint density at radius 1 is 1.21 bits per heavy atom. The zero-order chi connectivity index (χ0) is 13.8. The first-order valence-electron chi connectivity index (χ1n) is 5.93. The fourth-order valence-corrected chi connectivity index (χ4v) is 1.84. The van der Waals surface area contributed by atoms with E-state index in [1.54, 1.807) is 6.07 Å². The highest BCUT2D eigenvalue weighted by molar-refractivity contribution is 5.72. The number of aliphatic carboxylic acids is 1. The average Bonchev–Trinajstić information content (AvgIpc) is 2.37. The molecule has 0 amide bonds. The largest absolute Gasteiger partial charge is 0.480 e. The minimum Gasteiger partial charge on any atom is -0.480 e. The number of nitrogens with one attached hydrogen (secondary N) is 1. The van der Waals surface area contributed by atoms with Gasteiger partial charge in [0.15, 0.2) is 0 Å². The molecule has 0 fully saturated rings. The summed E-state index contributed by atoms with van der Waals surface area (Å²) < 4.78 is 0. The summed E-state index contributed by atoms with van der Waals surface area (Å²) in [7, 11) is 0. The van der Waals surface area contributed by atoms with Gasteiger partial charge < -0.3 is 10.4 Å². The molecule has 2 aromatic rings. The summed E-state index contributed by atoms with van der Waals surface area (Å²) in [6.45, 7) is 3.90. The molecule has 0 aliphatic heterocycles. The number of hydrogen-bond acceptors (Lipinski definition) is 4. The van der Waals surface area contributed by atoms with Crippen LogP contribution in [0, 0.1) is 13.8 Å². The molecule has 0 radical (unpaired) electrons. The van der Waals surface area contributed by atoms with Gasteiger partial charge in [-0.3, -0.25) is 4.79 Å². The lowest BCUT2D eigenvalue weighted by molar-refractivity contribution is -0.134. The third-order valence-electron chi connectivity index (χ3n) is 2.74. The maximum Gasteiger partial charge on any atom is 0.322 e. The normalized spacial score (nSPS) is 10.2. The Bertz CT molecular complexity index is 594. The molecule has 5 nitrogen and oxygen atoms in total. The molecule has 0 saturated heterocycles. The van der Waals surface area contributed by atoms with Crippen molar-refractivity contribution in [1.29, 1.82) is 0 Å². The Hall–Kier alpha value is -2.43. The Kier molecular flexibility index (Phi) is 3.75. The van der Waals surface area contributed by atoms with Crippen LogP contribution in [-0.4, -0.2) is 27.8 Å². The first kappa shape index (κ1) is 13.0. The van der Waals surface area contributed by atoms with E-state index in [1.165, 1.54) is 5.56 Å². The summed E-state index contributed by atoms with van der Waals surface area (Å²) in [4.78, 5) is 10.4. The molecule has 0 aliphatic rings. The lowest BCUT2D eigenvalue weighted by Gasteiger charge is -2.07. The Morgan fingerprint density at radius 3 is 2.58 bits per heavy atom. The van der Waals surface area contributed by atoms with Gasteiger partial charge in [0, 0.05) is 5.56 Å². The van der Waals surface area contributed by atoms with Crippen LogP contribution < -0.4 is 5.32 Å². The van der Waals surface area contributed by atoms with Crippen molar-refractivity contribution in [3.63, 3.8) is 0 Å². The predicted octanol–water partition coefficient (Wildman–Crippen LogP) is 2.26. The first-order chi connectivity index (χ1) is 9.06. The lowest BCUT2D eigenvalue weighted by Crippen LogP contribution is -2.13. The van der Waals surface area contributed by atoms with Crippen molar-refractivity contribution in [3.8, 4) is 11.3 Å². The average molecular weight is 257 g/mol. The molecule has 1 aromatic heterocycles. The van der Waals surface area contributed by atoms with Crippen LogP contribution >= 0.6 is 0 Å². The van der Waals surface area contributed by atoms with Crippen molar-refractivity contribution >= 4 is 11.8 Å². The Balaban J connectivity index is 2.20. The Morgan fingerprint density at radius 2 is 2.00 bits per heavy atom. The molecule has 5 heteroatoms. The van der Waals surface area contributed by atoms with E-state index in [0.29, 0.717) is 5.82 Å². The fourth-order valence-electron chi connectivity index (χ4n) is 1.84. The van der Waals surface area contributed by atoms with Gasteiger partial charge in [0.25, 0.3) is 0 Å². The first-order valence-corrected chi connectivity index (χ1v) is 5.93. The molecule has 1 heterocycles. The van der Waals surface area contributed by atoms with E-state index in [-0.39, 0.29) is 6.54 Å². The van der Waals surface area contributed by atoms with Gasteiger partial charge in [-0.15, -0.1) is 10.2 Å². The highest BCUT2D eigenvalue weighted by Crippen LogP contribution is 2.22. The van der Waals surface area contributed by atoms with Crippen molar-refractivity contribution in [3.05, 3.63) is 41.5 Å². The van der Waals surface area contributed by atoms with Crippen LogP contribution in [0.25, 0.3) is 11.3 Å². The highest BCUT2D eigenvalue weighted by Gasteiger charge is 2.05. The van der Waals surface area contributed by atoms with Gasteiger partial charge in [-0.05, 0) is 31.5 Å². The van der Waals surface area contributed by atoms with Crippen LogP contribution in [0.1, 0.15) is 11.1 Å². The summed E-state index contributed by atoms with van der Waals surface area (Å²) in [5.41, 5.74) is 4.15. The number of carbonyl (C=O) groups is 1. The van der Waals surface area contributed by atoms with E-state index in [2.05, 4.69) is 21.6 Å². The van der Waals surface area contributed by atoms with Crippen LogP contribution in [0.15, 0.2) is 30.3 Å². The van der Waals surface area contributed by atoms with Crippen LogP contribution in [0.4, 0.5) is 5.82 Å². The van der Waals surface area contributed by atoms with Crippen LogP contribution in [0.3, 0.4) is 0 Å². The number of nitrogens with zero attached hydrogens (tertiary/aromatic N) is 2. The standard InChI is InChI=1S/C14H15N3O2/c1-9-3-4-11(10(2)7-9)12-5-6-13(17-16-12)15-8-14(18)19/h3-7H,8H2,1-2H3,(H,15,17)(H,18,19). The van der Waals surface area contributed by atoms with Gasteiger partial charge in [-0.1, -0.05) is 23.8 Å². The molecule has 0 unspecified atom stereocenters. The number of aryl methyl sites for hydroxylation is 2. The molecule has 0 saturated carbocycles. The number of aromatic nitrogens is 2. The summed E-state index contributed by atoms with van der Waals surface area (Å²) in [5, 5.41) is 19.3. The molecule has 1 aromatic carbocycles. The number of hydrogen-bond donors (Lipinski definition) is 2. The van der Waals surface area contributed by atoms with Gasteiger partial charge in [-0.25, -0.2) is 0 Å². The SMILES string of the molecule is Cc1ccc(-c2ccc(NCC(=O)O)nn2)c(C)c1. The monoisotopic (exact) mass is 257 g/mol. The topological polar surface area (TPSA) is 75.1 Å². The molecule has 2 rings (SSSR count). The second kappa shape index (κ2) is 5.48. The summed E-state index contributed by atoms with van der Waals surface area (Å²) >= 11 is 0. The fraction of sp³-hybridized carbons (Fsp3) is 0.214. The number of rotatable bonds is 4. The van der Waals surface area contributed by atoms with Crippen LogP contribution in [0.2, 0.25) is 0 Å². The summed E-state index contributed by atoms with van der Waals surface area (Å²) in [6.07, 6.45) is 0. The summed E-state index contributed by atoms with van der Waals surface area (Å²) in [6, 6.07) is 9.69. The third-order valence-corrected chi connectivity index (χ3v) is 2.74. The Labute approximate surface area is 111 Å². The number of anilines is 1. The molecule has 0 aliphatic carbocycles. The zero-order valence-electron chi connectivity index (χ0n) is 10.8. The van der Waals surface area contributed by atoms with E-state index in [4.69, 9.17) is 5.11 Å². The van der Waals surface area contributed by atoms with Gasteiger partial charge >= 0.3 is 5.97 Å². The molecular formula is C14H15N3O2. The van der Waals surface area contributed by atoms with Crippen LogP contribution in [-0.2, 0) is 4.79 Å². The van der Waals surface area contributed by atoms with Crippen molar-refractivity contribution < 1.29 is 9.90 Å². The summed E-state index contributed by atoms with van der Waals surface area (Å²) in [5.74, 6) is -0.476. The van der Waals surface area contributed by atoms with E-state index in [9.17, 15) is 4.79 Å². The maximum absolute atomic E-state index is 10.4. The molecule has 0 spiro atoms. The maximum atomic E-state index is 10.4. The molecule has 2 N–H and O–H groups in total. The molecule has 0 atom stereocenters. The highest BCUT2D eigenvalue weighted by atomic mass is 16.4. The molecule has 98 valence electrons. The van der Waals surface area contributed by atoms with Crippen molar-refractivity contribution in [2.24, 2.45) is 0 Å². The third kappa shape index (κ3) is 3.28. The molecule has 19 heavy (non-hydrogen) atoms. The minimum absolute atomic E-state index is 0.169. The number of carboxylic acid groups (broad SMARTS) is 1. The number of benzene rings is 1. The van der Waals surface area contributed by atoms with E-state index in [0.717, 1.165) is 16.8 Å². The van der Waals surface area contributed by atoms with E-state index >= 15 is 0 Å². The van der Waals surface area contributed by atoms with E-state index in [1.807, 2.05) is 32.0 Å². The second-order valence-electron chi connectivity index (χ2n) is 4.37. The molecular weight excluding hydrogens is 242 g/mol.